The van der Waals surface area contributed by atoms with Crippen molar-refractivity contribution in [3.05, 3.63) is 41.4 Å². The van der Waals surface area contributed by atoms with Crippen LogP contribution in [0.4, 0.5) is 5.69 Å². The van der Waals surface area contributed by atoms with E-state index in [1.54, 1.807) is 24.3 Å². The van der Waals surface area contributed by atoms with Crippen molar-refractivity contribution in [2.45, 2.75) is 18.0 Å². The first kappa shape index (κ1) is 14.6. The summed E-state index contributed by atoms with van der Waals surface area (Å²) in [4.78, 5) is 27.2. The lowest BCUT2D eigenvalue weighted by Gasteiger charge is -2.32. The zero-order valence-electron chi connectivity index (χ0n) is 12.6. The van der Waals surface area contributed by atoms with Crippen molar-refractivity contribution in [2.24, 2.45) is 11.8 Å². The van der Waals surface area contributed by atoms with Gasteiger partial charge in [0.1, 0.15) is 0 Å². The smallest absolute Gasteiger partial charge is 0.241 e. The van der Waals surface area contributed by atoms with Crippen LogP contribution in [0.1, 0.15) is 0 Å². The van der Waals surface area contributed by atoms with Crippen LogP contribution in [0, 0.1) is 11.8 Å². The lowest BCUT2D eigenvalue weighted by atomic mass is 9.76. The quantitative estimate of drug-likeness (QED) is 0.599. The molecule has 1 aromatic rings. The molecule has 0 aliphatic carbocycles. The molecule has 4 aliphatic rings. The minimum absolute atomic E-state index is 0.249. The third-order valence-electron chi connectivity index (χ3n) is 5.15. The van der Waals surface area contributed by atoms with Gasteiger partial charge in [-0.2, -0.15) is 0 Å². The van der Waals surface area contributed by atoms with Crippen LogP contribution in [0.5, 0.6) is 0 Å². The van der Waals surface area contributed by atoms with Crippen molar-refractivity contribution in [1.29, 1.82) is 0 Å². The first-order valence-electron chi connectivity index (χ1n) is 7.85. The standard InChI is InChI=1S/C17H14ClNO5/c18-9-1-3-10(4-2-9)19-14(20)12-11-5-6-17(24-11,13(12)15(19)21)16-22-7-8-23-16/h1-6,11-13,16H,7-8H2/t11-,12+,13+,17-/m1/s1. The Hall–Kier alpha value is -1.73. The van der Waals surface area contributed by atoms with Gasteiger partial charge in [-0.15, -0.1) is 0 Å². The molecule has 6 nitrogen and oxygen atoms in total. The molecule has 7 heteroatoms. The van der Waals surface area contributed by atoms with Gasteiger partial charge in [0, 0.05) is 5.02 Å². The molecule has 124 valence electrons. The summed E-state index contributed by atoms with van der Waals surface area (Å²) in [5.74, 6) is -1.69. The molecule has 1 aromatic carbocycles. The first-order chi connectivity index (χ1) is 11.6. The molecule has 4 aliphatic heterocycles. The summed E-state index contributed by atoms with van der Waals surface area (Å²) < 4.78 is 17.2. The Balaban J connectivity index is 1.56. The monoisotopic (exact) mass is 347 g/mol. The van der Waals surface area contributed by atoms with Gasteiger partial charge in [0.05, 0.1) is 36.8 Å². The number of nitrogens with zero attached hydrogens (tertiary/aromatic N) is 1. The molecule has 0 N–H and O–H groups in total. The average molecular weight is 348 g/mol. The average Bonchev–Trinajstić information content (AvgIpc) is 3.33. The Bertz CT molecular complexity index is 757. The van der Waals surface area contributed by atoms with Crippen LogP contribution >= 0.6 is 11.6 Å². The lowest BCUT2D eigenvalue weighted by Crippen LogP contribution is -2.49. The summed E-state index contributed by atoms with van der Waals surface area (Å²) in [7, 11) is 0. The summed E-state index contributed by atoms with van der Waals surface area (Å²) in [5.41, 5.74) is -0.494. The predicted octanol–water partition coefficient (Wildman–Crippen LogP) is 1.53. The zero-order chi connectivity index (χ0) is 16.5. The second-order valence-corrected chi connectivity index (χ2v) is 6.80. The SMILES string of the molecule is O=C1[C@@H]2[C@@H](C(=O)N1c1ccc(Cl)cc1)[C@@]1(C3OCCO3)C=C[C@H]2O1. The number of anilines is 1. The number of imide groups is 1. The first-order valence-corrected chi connectivity index (χ1v) is 8.23. The molecule has 2 amide bonds. The van der Waals surface area contributed by atoms with E-state index in [4.69, 9.17) is 25.8 Å². The van der Waals surface area contributed by atoms with Crippen LogP contribution in [0.2, 0.25) is 5.02 Å². The summed E-state index contributed by atoms with van der Waals surface area (Å²) in [6.45, 7) is 0.906. The Kier molecular flexibility index (Phi) is 2.98. The maximum atomic E-state index is 13.1. The van der Waals surface area contributed by atoms with E-state index < -0.39 is 29.8 Å². The van der Waals surface area contributed by atoms with Crippen molar-refractivity contribution in [3.63, 3.8) is 0 Å². The highest BCUT2D eigenvalue weighted by molar-refractivity contribution is 6.31. The van der Waals surface area contributed by atoms with Gasteiger partial charge in [-0.05, 0) is 30.3 Å². The number of amides is 2. The van der Waals surface area contributed by atoms with E-state index in [0.29, 0.717) is 23.9 Å². The number of carbonyl (C=O) groups excluding carboxylic acids is 2. The molecule has 0 radical (unpaired) electrons. The zero-order valence-corrected chi connectivity index (χ0v) is 13.3. The maximum absolute atomic E-state index is 13.1. The van der Waals surface area contributed by atoms with Gasteiger partial charge in [-0.1, -0.05) is 17.7 Å². The van der Waals surface area contributed by atoms with E-state index in [0.717, 1.165) is 0 Å². The highest BCUT2D eigenvalue weighted by Crippen LogP contribution is 2.55. The fourth-order valence-electron chi connectivity index (χ4n) is 4.17. The molecule has 0 spiro atoms. The number of benzene rings is 1. The van der Waals surface area contributed by atoms with E-state index in [9.17, 15) is 9.59 Å². The molecule has 3 saturated heterocycles. The fourth-order valence-corrected chi connectivity index (χ4v) is 4.30. The number of carbonyl (C=O) groups is 2. The second-order valence-electron chi connectivity index (χ2n) is 6.36. The molecule has 0 saturated carbocycles. The summed E-state index contributed by atoms with van der Waals surface area (Å²) in [6.07, 6.45) is 2.58. The van der Waals surface area contributed by atoms with Crippen LogP contribution in [-0.2, 0) is 23.8 Å². The molecular weight excluding hydrogens is 334 g/mol. The molecular formula is C17H14ClNO5. The number of fused-ring (bicyclic) bond motifs is 5. The van der Waals surface area contributed by atoms with Crippen molar-refractivity contribution >= 4 is 29.1 Å². The molecule has 4 heterocycles. The third-order valence-corrected chi connectivity index (χ3v) is 5.40. The third kappa shape index (κ3) is 1.71. The van der Waals surface area contributed by atoms with Gasteiger partial charge in [-0.25, -0.2) is 4.90 Å². The summed E-state index contributed by atoms with van der Waals surface area (Å²) >= 11 is 5.90. The predicted molar refractivity (Wildman–Crippen MR) is 83.4 cm³/mol. The minimum atomic E-state index is -1.01. The highest BCUT2D eigenvalue weighted by Gasteiger charge is 2.71. The topological polar surface area (TPSA) is 65.1 Å². The maximum Gasteiger partial charge on any atom is 0.241 e. The van der Waals surface area contributed by atoms with Gasteiger partial charge in [0.2, 0.25) is 11.8 Å². The van der Waals surface area contributed by atoms with Crippen molar-refractivity contribution in [1.82, 2.24) is 0 Å². The Morgan fingerprint density at radius 3 is 2.50 bits per heavy atom. The second kappa shape index (κ2) is 4.89. The molecule has 0 aromatic heterocycles. The fraction of sp³-hybridized carbons (Fsp3) is 0.412. The molecule has 5 rings (SSSR count). The summed E-state index contributed by atoms with van der Waals surface area (Å²) in [5, 5.41) is 0.548. The molecule has 4 atom stereocenters. The van der Waals surface area contributed by atoms with Crippen LogP contribution in [-0.4, -0.2) is 43.0 Å². The van der Waals surface area contributed by atoms with E-state index in [-0.39, 0.29) is 11.8 Å². The van der Waals surface area contributed by atoms with Crippen LogP contribution in [0.3, 0.4) is 0 Å². The van der Waals surface area contributed by atoms with Gasteiger partial charge < -0.3 is 14.2 Å². The highest BCUT2D eigenvalue weighted by atomic mass is 35.5. The minimum Gasteiger partial charge on any atom is -0.357 e. The number of halogens is 1. The van der Waals surface area contributed by atoms with Crippen LogP contribution in [0.15, 0.2) is 36.4 Å². The number of hydrogen-bond donors (Lipinski definition) is 0. The molecule has 24 heavy (non-hydrogen) atoms. The van der Waals surface area contributed by atoms with E-state index >= 15 is 0 Å². The number of hydrogen-bond acceptors (Lipinski definition) is 5. The largest absolute Gasteiger partial charge is 0.357 e. The summed E-state index contributed by atoms with van der Waals surface area (Å²) in [6, 6.07) is 6.66. The normalized spacial score (nSPS) is 37.7. The van der Waals surface area contributed by atoms with Gasteiger partial charge in [0.25, 0.3) is 0 Å². The van der Waals surface area contributed by atoms with E-state index in [1.165, 1.54) is 4.90 Å². The van der Waals surface area contributed by atoms with Gasteiger partial charge in [-0.3, -0.25) is 9.59 Å². The van der Waals surface area contributed by atoms with Crippen molar-refractivity contribution in [2.75, 3.05) is 18.1 Å². The van der Waals surface area contributed by atoms with Crippen LogP contribution in [0.25, 0.3) is 0 Å². The van der Waals surface area contributed by atoms with Crippen molar-refractivity contribution in [3.8, 4) is 0 Å². The van der Waals surface area contributed by atoms with Gasteiger partial charge >= 0.3 is 0 Å². The Morgan fingerprint density at radius 1 is 1.08 bits per heavy atom. The molecule has 0 unspecified atom stereocenters. The molecule has 2 bridgehead atoms. The van der Waals surface area contributed by atoms with Crippen molar-refractivity contribution < 1.29 is 23.8 Å². The van der Waals surface area contributed by atoms with Gasteiger partial charge in [0.15, 0.2) is 11.9 Å². The molecule has 3 fully saturated rings. The van der Waals surface area contributed by atoms with E-state index in [2.05, 4.69) is 0 Å². The Morgan fingerprint density at radius 2 is 1.79 bits per heavy atom. The number of ether oxygens (including phenoxy) is 3. The van der Waals surface area contributed by atoms with Crippen LogP contribution < -0.4 is 4.90 Å². The number of rotatable bonds is 2. The Labute approximate surface area is 142 Å². The lowest BCUT2D eigenvalue weighted by molar-refractivity contribution is -0.180. The van der Waals surface area contributed by atoms with E-state index in [1.807, 2.05) is 12.2 Å².